The summed E-state index contributed by atoms with van der Waals surface area (Å²) in [5.41, 5.74) is -0.764. The minimum absolute atomic E-state index is 0.147. The second-order valence-corrected chi connectivity index (χ2v) is 7.92. The Kier molecular flexibility index (Phi) is 4.97. The largest absolute Gasteiger partial charge is 0.495 e. The second kappa shape index (κ2) is 6.66. The van der Waals surface area contributed by atoms with Crippen molar-refractivity contribution in [1.82, 2.24) is 0 Å². The van der Waals surface area contributed by atoms with E-state index in [-0.39, 0.29) is 11.4 Å². The number of hydrogen-bond donors (Lipinski definition) is 2. The summed E-state index contributed by atoms with van der Waals surface area (Å²) in [7, 11) is -7.39. The molecular weight excluding hydrogens is 374 g/mol. The molecule has 0 atom stereocenters. The minimum atomic E-state index is -4.39. The first-order valence-corrected chi connectivity index (χ1v) is 9.56. The maximum Gasteiger partial charge on any atom is 0.271 e. The highest BCUT2D eigenvalue weighted by molar-refractivity contribution is 7.93. The molecule has 2 rings (SSSR count). The van der Waals surface area contributed by atoms with Gasteiger partial charge in [0.15, 0.2) is 0 Å². The van der Waals surface area contributed by atoms with Gasteiger partial charge < -0.3 is 4.74 Å². The number of para-hydroxylation sites is 1. The standard InChI is InChI=1S/C13H13N3O7S2/c1-23-11-7-6-9(16(17)18)8-13(11)25(21,22)15-10-4-2-3-5-12(10)24(14,19)20/h2-8,15H,1H3,(H2,14,19,20). The van der Waals surface area contributed by atoms with Crippen molar-refractivity contribution in [2.45, 2.75) is 9.79 Å². The minimum Gasteiger partial charge on any atom is -0.495 e. The normalized spacial score (nSPS) is 11.8. The third kappa shape index (κ3) is 4.04. The van der Waals surface area contributed by atoms with Gasteiger partial charge in [-0.2, -0.15) is 0 Å². The first kappa shape index (κ1) is 18.6. The Morgan fingerprint density at radius 2 is 1.72 bits per heavy atom. The zero-order chi connectivity index (χ0) is 18.8. The van der Waals surface area contributed by atoms with Crippen molar-refractivity contribution in [3.63, 3.8) is 0 Å². The van der Waals surface area contributed by atoms with Crippen LogP contribution in [0.1, 0.15) is 0 Å². The van der Waals surface area contributed by atoms with Gasteiger partial charge in [0, 0.05) is 12.1 Å². The van der Waals surface area contributed by atoms with Crippen molar-refractivity contribution in [2.75, 3.05) is 11.8 Å². The Hall–Kier alpha value is -2.70. The van der Waals surface area contributed by atoms with Crippen LogP contribution in [0.4, 0.5) is 11.4 Å². The van der Waals surface area contributed by atoms with Crippen LogP contribution >= 0.6 is 0 Å². The topological polar surface area (TPSA) is 159 Å². The molecule has 10 nitrogen and oxygen atoms in total. The number of sulfonamides is 2. The Morgan fingerprint density at radius 3 is 2.28 bits per heavy atom. The van der Waals surface area contributed by atoms with Crippen LogP contribution < -0.4 is 14.6 Å². The molecule has 0 aliphatic rings. The van der Waals surface area contributed by atoms with Gasteiger partial charge in [0.05, 0.1) is 17.7 Å². The highest BCUT2D eigenvalue weighted by atomic mass is 32.2. The summed E-state index contributed by atoms with van der Waals surface area (Å²) in [4.78, 5) is 9.15. The maximum atomic E-state index is 12.6. The van der Waals surface area contributed by atoms with Gasteiger partial charge in [-0.25, -0.2) is 22.0 Å². The summed E-state index contributed by atoms with van der Waals surface area (Å²) in [6.07, 6.45) is 0. The van der Waals surface area contributed by atoms with Gasteiger partial charge in [-0.3, -0.25) is 14.8 Å². The van der Waals surface area contributed by atoms with Crippen molar-refractivity contribution in [3.8, 4) is 5.75 Å². The van der Waals surface area contributed by atoms with Crippen LogP contribution in [0.3, 0.4) is 0 Å². The number of hydrogen-bond acceptors (Lipinski definition) is 7. The number of primary sulfonamides is 1. The highest BCUT2D eigenvalue weighted by Crippen LogP contribution is 2.31. The zero-order valence-corrected chi connectivity index (χ0v) is 14.4. The predicted molar refractivity (Wildman–Crippen MR) is 88.3 cm³/mol. The van der Waals surface area contributed by atoms with Crippen LogP contribution in [0.15, 0.2) is 52.3 Å². The lowest BCUT2D eigenvalue weighted by Crippen LogP contribution is -2.19. The number of nitrogens with two attached hydrogens (primary N) is 1. The van der Waals surface area contributed by atoms with E-state index < -0.39 is 40.4 Å². The fourth-order valence-electron chi connectivity index (χ4n) is 1.99. The zero-order valence-electron chi connectivity index (χ0n) is 12.7. The monoisotopic (exact) mass is 387 g/mol. The molecule has 0 saturated heterocycles. The molecule has 0 aliphatic heterocycles. The van der Waals surface area contributed by atoms with E-state index in [4.69, 9.17) is 9.88 Å². The average molecular weight is 387 g/mol. The molecule has 0 aliphatic carbocycles. The van der Waals surface area contributed by atoms with Gasteiger partial charge in [-0.15, -0.1) is 0 Å². The number of nitro benzene ring substituents is 1. The van der Waals surface area contributed by atoms with E-state index in [9.17, 15) is 26.9 Å². The number of ether oxygens (including phenoxy) is 1. The van der Waals surface area contributed by atoms with E-state index in [0.717, 1.165) is 24.3 Å². The second-order valence-electron chi connectivity index (χ2n) is 4.74. The van der Waals surface area contributed by atoms with Crippen molar-refractivity contribution < 1.29 is 26.5 Å². The van der Waals surface area contributed by atoms with Gasteiger partial charge >= 0.3 is 0 Å². The molecule has 0 fully saturated rings. The summed E-state index contributed by atoms with van der Waals surface area (Å²) in [5.74, 6) is -0.147. The summed E-state index contributed by atoms with van der Waals surface area (Å²) < 4.78 is 55.3. The van der Waals surface area contributed by atoms with Crippen molar-refractivity contribution in [2.24, 2.45) is 5.14 Å². The lowest BCUT2D eigenvalue weighted by Gasteiger charge is -2.13. The number of rotatable bonds is 6. The van der Waals surface area contributed by atoms with Crippen molar-refractivity contribution in [3.05, 3.63) is 52.6 Å². The number of nitrogens with zero attached hydrogens (tertiary/aromatic N) is 1. The van der Waals surface area contributed by atoms with Crippen LogP contribution in [0.25, 0.3) is 0 Å². The molecule has 0 heterocycles. The number of nitro groups is 1. The molecule has 25 heavy (non-hydrogen) atoms. The third-order valence-electron chi connectivity index (χ3n) is 3.09. The van der Waals surface area contributed by atoms with E-state index in [1.165, 1.54) is 25.3 Å². The van der Waals surface area contributed by atoms with Gasteiger partial charge in [0.1, 0.15) is 15.5 Å². The molecule has 0 unspecified atom stereocenters. The first-order valence-electron chi connectivity index (χ1n) is 6.53. The molecule has 2 aromatic carbocycles. The number of methoxy groups -OCH3 is 1. The number of non-ortho nitro benzene ring substituents is 1. The Balaban J connectivity index is 2.59. The molecule has 0 aromatic heterocycles. The summed E-state index contributed by atoms with van der Waals surface area (Å²) in [6.45, 7) is 0. The molecule has 2 aromatic rings. The van der Waals surface area contributed by atoms with Crippen LogP contribution in [0.2, 0.25) is 0 Å². The Bertz CT molecular complexity index is 1030. The lowest BCUT2D eigenvalue weighted by atomic mass is 10.3. The molecule has 0 amide bonds. The number of nitrogens with one attached hydrogen (secondary N) is 1. The van der Waals surface area contributed by atoms with E-state index in [1.54, 1.807) is 0 Å². The third-order valence-corrected chi connectivity index (χ3v) is 5.44. The van der Waals surface area contributed by atoms with Crippen molar-refractivity contribution >= 4 is 31.4 Å². The number of anilines is 1. The molecule has 0 radical (unpaired) electrons. The Morgan fingerprint density at radius 1 is 1.08 bits per heavy atom. The SMILES string of the molecule is COc1ccc([N+](=O)[O-])cc1S(=O)(=O)Nc1ccccc1S(N)(=O)=O. The lowest BCUT2D eigenvalue weighted by molar-refractivity contribution is -0.385. The molecular formula is C13H13N3O7S2. The highest BCUT2D eigenvalue weighted by Gasteiger charge is 2.25. The fourth-order valence-corrected chi connectivity index (χ4v) is 4.02. The van der Waals surface area contributed by atoms with E-state index in [0.29, 0.717) is 0 Å². The van der Waals surface area contributed by atoms with Gasteiger partial charge in [0.25, 0.3) is 15.7 Å². The molecule has 0 bridgehead atoms. The van der Waals surface area contributed by atoms with E-state index in [1.807, 2.05) is 0 Å². The van der Waals surface area contributed by atoms with Crippen LogP contribution in [-0.2, 0) is 20.0 Å². The summed E-state index contributed by atoms with van der Waals surface area (Å²) >= 11 is 0. The maximum absolute atomic E-state index is 12.6. The summed E-state index contributed by atoms with van der Waals surface area (Å²) in [5, 5.41) is 15.9. The van der Waals surface area contributed by atoms with Crippen LogP contribution in [0.5, 0.6) is 5.75 Å². The molecule has 0 spiro atoms. The molecule has 134 valence electrons. The average Bonchev–Trinajstić information content (AvgIpc) is 2.53. The van der Waals surface area contributed by atoms with E-state index in [2.05, 4.69) is 4.72 Å². The fraction of sp³-hybridized carbons (Fsp3) is 0.0769. The molecule has 12 heteroatoms. The van der Waals surface area contributed by atoms with Crippen molar-refractivity contribution in [1.29, 1.82) is 0 Å². The molecule has 0 saturated carbocycles. The smallest absolute Gasteiger partial charge is 0.271 e. The van der Waals surface area contributed by atoms with Gasteiger partial charge in [0.2, 0.25) is 10.0 Å². The van der Waals surface area contributed by atoms with E-state index >= 15 is 0 Å². The first-order chi connectivity index (χ1) is 11.6. The quantitative estimate of drug-likeness (QED) is 0.553. The number of benzene rings is 2. The Labute approximate surface area is 143 Å². The summed E-state index contributed by atoms with van der Waals surface area (Å²) in [6, 6.07) is 8.09. The van der Waals surface area contributed by atoms with Gasteiger partial charge in [-0.1, -0.05) is 12.1 Å². The predicted octanol–water partition coefficient (Wildman–Crippen LogP) is 1.05. The van der Waals surface area contributed by atoms with Crippen LogP contribution in [0, 0.1) is 10.1 Å². The molecule has 3 N–H and O–H groups in total. The van der Waals surface area contributed by atoms with Crippen LogP contribution in [-0.4, -0.2) is 28.9 Å². The van der Waals surface area contributed by atoms with Gasteiger partial charge in [-0.05, 0) is 18.2 Å².